The molecule has 0 bridgehead atoms. The monoisotopic (exact) mass is 509 g/mol. The molecule has 1 unspecified atom stereocenters. The zero-order chi connectivity index (χ0) is 25.4. The van der Waals surface area contributed by atoms with Crippen LogP contribution in [0.15, 0.2) is 28.2 Å². The molecule has 10 heteroatoms. The van der Waals surface area contributed by atoms with E-state index in [1.165, 1.54) is 20.1 Å². The van der Waals surface area contributed by atoms with Gasteiger partial charge in [0.1, 0.15) is 11.1 Å². The molecular formula is C24H25ClFNO6S. The molecule has 2 rings (SSSR count). The van der Waals surface area contributed by atoms with Crippen LogP contribution in [0.2, 0.25) is 5.02 Å². The number of rotatable bonds is 8. The van der Waals surface area contributed by atoms with Gasteiger partial charge in [0.05, 0.1) is 17.8 Å². The quantitative estimate of drug-likeness (QED) is 0.290. The lowest BCUT2D eigenvalue weighted by molar-refractivity contribution is -0.140. The van der Waals surface area contributed by atoms with E-state index in [1.807, 2.05) is 0 Å². The van der Waals surface area contributed by atoms with Crippen molar-refractivity contribution >= 4 is 52.8 Å². The van der Waals surface area contributed by atoms with Crippen molar-refractivity contribution in [3.05, 3.63) is 34.1 Å². The van der Waals surface area contributed by atoms with Gasteiger partial charge < -0.3 is 9.47 Å². The van der Waals surface area contributed by atoms with E-state index in [-0.39, 0.29) is 52.6 Å². The molecule has 182 valence electrons. The SMILES string of the molecule is C#CCOC(=O)C1=C(C(=O)N(C(=O)CC)c2cc(SC(C)C(=O)OC)c(Cl)cc2F)CCCC1. The Bertz CT molecular complexity index is 1060. The highest BCUT2D eigenvalue weighted by Crippen LogP contribution is 2.37. The second-order valence-electron chi connectivity index (χ2n) is 7.35. The molecule has 1 aliphatic carbocycles. The van der Waals surface area contributed by atoms with Crippen molar-refractivity contribution in [1.29, 1.82) is 0 Å². The third kappa shape index (κ3) is 6.39. The highest BCUT2D eigenvalue weighted by Gasteiger charge is 2.33. The van der Waals surface area contributed by atoms with Crippen molar-refractivity contribution in [1.82, 2.24) is 0 Å². The van der Waals surface area contributed by atoms with Crippen LogP contribution >= 0.6 is 23.4 Å². The predicted octanol–water partition coefficient (Wildman–Crippen LogP) is 4.45. The maximum Gasteiger partial charge on any atom is 0.335 e. The van der Waals surface area contributed by atoms with Gasteiger partial charge in [-0.05, 0) is 44.7 Å². The molecule has 1 aromatic rings. The van der Waals surface area contributed by atoms with Gasteiger partial charge in [0.2, 0.25) is 5.91 Å². The minimum atomic E-state index is -0.900. The first-order valence-corrected chi connectivity index (χ1v) is 11.8. The number of hydrogen-bond acceptors (Lipinski definition) is 7. The second kappa shape index (κ2) is 12.6. The molecule has 1 aliphatic rings. The summed E-state index contributed by atoms with van der Waals surface area (Å²) in [6.07, 6.45) is 6.81. The van der Waals surface area contributed by atoms with Gasteiger partial charge in [-0.1, -0.05) is 24.4 Å². The number of terminal acetylenes is 1. The molecule has 0 aliphatic heterocycles. The molecule has 0 radical (unpaired) electrons. The van der Waals surface area contributed by atoms with E-state index in [1.54, 1.807) is 6.92 Å². The number of imide groups is 1. The number of thioether (sulfide) groups is 1. The molecule has 2 amide bonds. The van der Waals surface area contributed by atoms with Crippen molar-refractivity contribution in [3.63, 3.8) is 0 Å². The molecule has 0 heterocycles. The number of esters is 2. The van der Waals surface area contributed by atoms with E-state index in [4.69, 9.17) is 27.5 Å². The summed E-state index contributed by atoms with van der Waals surface area (Å²) in [6, 6.07) is 2.22. The third-order valence-corrected chi connectivity index (χ3v) is 6.66. The van der Waals surface area contributed by atoms with Crippen molar-refractivity contribution in [2.24, 2.45) is 0 Å². The molecule has 1 aromatic carbocycles. The van der Waals surface area contributed by atoms with Gasteiger partial charge in [0, 0.05) is 22.5 Å². The van der Waals surface area contributed by atoms with Crippen molar-refractivity contribution in [3.8, 4) is 12.3 Å². The molecule has 0 spiro atoms. The van der Waals surface area contributed by atoms with Crippen LogP contribution in [-0.4, -0.2) is 42.7 Å². The standard InChI is InChI=1S/C24H25ClFNO6S/c1-5-11-33-24(31)16-10-8-7-9-15(16)22(29)27(21(28)6-2)19-13-20(17(25)12-18(19)26)34-14(3)23(30)32-4/h1,12-14H,6-11H2,2-4H3. The maximum atomic E-state index is 15.0. The van der Waals surface area contributed by atoms with Crippen LogP contribution in [0.1, 0.15) is 46.0 Å². The van der Waals surface area contributed by atoms with Gasteiger partial charge in [-0.2, -0.15) is 0 Å². The van der Waals surface area contributed by atoms with E-state index in [0.29, 0.717) is 17.7 Å². The maximum absolute atomic E-state index is 15.0. The lowest BCUT2D eigenvalue weighted by Crippen LogP contribution is -2.39. The fourth-order valence-electron chi connectivity index (χ4n) is 3.40. The number of halogens is 2. The molecule has 0 saturated carbocycles. The molecule has 0 N–H and O–H groups in total. The van der Waals surface area contributed by atoms with Crippen LogP contribution in [0.4, 0.5) is 10.1 Å². The summed E-state index contributed by atoms with van der Waals surface area (Å²) in [5, 5.41) is -0.667. The van der Waals surface area contributed by atoms with Gasteiger partial charge >= 0.3 is 11.9 Å². The van der Waals surface area contributed by atoms with Crippen molar-refractivity contribution in [2.45, 2.75) is 56.1 Å². The largest absolute Gasteiger partial charge is 0.468 e. The van der Waals surface area contributed by atoms with E-state index >= 15 is 4.39 Å². The Kier molecular flexibility index (Phi) is 10.1. The molecule has 0 saturated heterocycles. The number of ether oxygens (including phenoxy) is 2. The van der Waals surface area contributed by atoms with Crippen molar-refractivity contribution < 1.29 is 33.0 Å². The summed E-state index contributed by atoms with van der Waals surface area (Å²) in [5.41, 5.74) is -0.111. The lowest BCUT2D eigenvalue weighted by atomic mass is 9.90. The number of nitrogens with zero attached hydrogens (tertiary/aromatic N) is 1. The summed E-state index contributed by atoms with van der Waals surface area (Å²) >= 11 is 7.16. The Morgan fingerprint density at radius 1 is 1.24 bits per heavy atom. The minimum Gasteiger partial charge on any atom is -0.468 e. The van der Waals surface area contributed by atoms with Crippen LogP contribution < -0.4 is 4.90 Å². The summed E-state index contributed by atoms with van der Waals surface area (Å²) in [6.45, 7) is 2.85. The summed E-state index contributed by atoms with van der Waals surface area (Å²) < 4.78 is 24.7. The first-order valence-electron chi connectivity index (χ1n) is 10.6. The van der Waals surface area contributed by atoms with Crippen LogP contribution in [0.25, 0.3) is 0 Å². The highest BCUT2D eigenvalue weighted by molar-refractivity contribution is 8.00. The highest BCUT2D eigenvalue weighted by atomic mass is 35.5. The number of methoxy groups -OCH3 is 1. The van der Waals surface area contributed by atoms with Gasteiger partial charge in [0.25, 0.3) is 5.91 Å². The average molecular weight is 510 g/mol. The zero-order valence-corrected chi connectivity index (χ0v) is 20.7. The van der Waals surface area contributed by atoms with Crippen LogP contribution in [0, 0.1) is 18.2 Å². The third-order valence-electron chi connectivity index (χ3n) is 5.09. The number of benzene rings is 1. The van der Waals surface area contributed by atoms with E-state index in [2.05, 4.69) is 5.92 Å². The minimum absolute atomic E-state index is 0.00813. The molecule has 0 aromatic heterocycles. The first kappa shape index (κ1) is 27.4. The van der Waals surface area contributed by atoms with Gasteiger partial charge in [0.15, 0.2) is 6.61 Å². The second-order valence-corrected chi connectivity index (χ2v) is 9.14. The zero-order valence-electron chi connectivity index (χ0n) is 19.1. The summed E-state index contributed by atoms with van der Waals surface area (Å²) in [4.78, 5) is 51.7. The smallest absolute Gasteiger partial charge is 0.335 e. The number of anilines is 1. The topological polar surface area (TPSA) is 90.0 Å². The van der Waals surface area contributed by atoms with Crippen molar-refractivity contribution in [2.75, 3.05) is 18.6 Å². The van der Waals surface area contributed by atoms with Crippen LogP contribution in [-0.2, 0) is 28.7 Å². The fourth-order valence-corrected chi connectivity index (χ4v) is 4.60. The molecule has 34 heavy (non-hydrogen) atoms. The predicted molar refractivity (Wildman–Crippen MR) is 127 cm³/mol. The number of amides is 2. The average Bonchev–Trinajstić information content (AvgIpc) is 2.84. The number of carbonyl (C=O) groups is 4. The Balaban J connectivity index is 2.56. The molecule has 7 nitrogen and oxygen atoms in total. The Labute approximate surface area is 207 Å². The van der Waals surface area contributed by atoms with E-state index in [9.17, 15) is 19.2 Å². The Morgan fingerprint density at radius 3 is 2.47 bits per heavy atom. The van der Waals surface area contributed by atoms with Gasteiger partial charge in [-0.25, -0.2) is 14.1 Å². The first-order chi connectivity index (χ1) is 16.2. The van der Waals surface area contributed by atoms with E-state index in [0.717, 1.165) is 17.8 Å². The molecule has 0 fully saturated rings. The molecular weight excluding hydrogens is 485 g/mol. The molecule has 1 atom stereocenters. The normalized spacial score (nSPS) is 14.1. The van der Waals surface area contributed by atoms with Gasteiger partial charge in [-0.15, -0.1) is 18.2 Å². The Hall–Kier alpha value is -2.83. The van der Waals surface area contributed by atoms with E-state index < -0.39 is 34.8 Å². The lowest BCUT2D eigenvalue weighted by Gasteiger charge is -2.26. The Morgan fingerprint density at radius 2 is 1.88 bits per heavy atom. The number of hydrogen-bond donors (Lipinski definition) is 0. The van der Waals surface area contributed by atoms with Crippen LogP contribution in [0.3, 0.4) is 0 Å². The van der Waals surface area contributed by atoms with Crippen LogP contribution in [0.5, 0.6) is 0 Å². The van der Waals surface area contributed by atoms with Gasteiger partial charge in [-0.3, -0.25) is 14.4 Å². The summed E-state index contributed by atoms with van der Waals surface area (Å²) in [7, 11) is 1.24. The summed E-state index contributed by atoms with van der Waals surface area (Å²) in [5.74, 6) is -1.44. The number of carbonyl (C=O) groups excluding carboxylic acids is 4. The fraction of sp³-hybridized carbons (Fsp3) is 0.417.